The monoisotopic (exact) mass is 688 g/mol. The van der Waals surface area contributed by atoms with Gasteiger partial charge in [-0.25, -0.2) is 14.4 Å². The molecule has 2 unspecified atom stereocenters. The molecule has 0 bridgehead atoms. The minimum absolute atomic E-state index is 0.0320. The van der Waals surface area contributed by atoms with Gasteiger partial charge in [0, 0.05) is 6.08 Å². The molecule has 0 heterocycles. The lowest BCUT2D eigenvalue weighted by Crippen LogP contribution is -2.15. The zero-order valence-corrected chi connectivity index (χ0v) is 30.8. The van der Waals surface area contributed by atoms with Crippen LogP contribution in [0.4, 0.5) is 0 Å². The molecule has 0 saturated heterocycles. The van der Waals surface area contributed by atoms with Crippen LogP contribution in [0.3, 0.4) is 0 Å². The van der Waals surface area contributed by atoms with E-state index in [2.05, 4.69) is 46.1 Å². The van der Waals surface area contributed by atoms with Crippen LogP contribution in [0, 0.1) is 12.8 Å². The molecule has 51 heavy (non-hydrogen) atoms. The molecule has 6 nitrogen and oxygen atoms in total. The minimum Gasteiger partial charge on any atom is -0.459 e. The van der Waals surface area contributed by atoms with Crippen molar-refractivity contribution in [2.75, 3.05) is 0 Å². The first-order valence-electron chi connectivity index (χ1n) is 17.9. The van der Waals surface area contributed by atoms with Crippen molar-refractivity contribution < 1.29 is 28.6 Å². The molecular formula is C45H52O6. The summed E-state index contributed by atoms with van der Waals surface area (Å²) in [4.78, 5) is 35.8. The SMILES string of the molecule is C=CC(=O)Oc1ccc(C(=O)Oc2ccc(CC(C)CC)cc2)cc1C.C=Cc1ccc(-c2ccc(C(=O)OC(C)CCCCCC)cc2)cc1. The van der Waals surface area contributed by atoms with Crippen molar-refractivity contribution in [2.45, 2.75) is 85.7 Å². The van der Waals surface area contributed by atoms with Crippen molar-refractivity contribution in [1.29, 1.82) is 0 Å². The summed E-state index contributed by atoms with van der Waals surface area (Å²) >= 11 is 0. The molecular weight excluding hydrogens is 636 g/mol. The van der Waals surface area contributed by atoms with Gasteiger partial charge in [0.25, 0.3) is 0 Å². The van der Waals surface area contributed by atoms with Crippen LogP contribution in [-0.2, 0) is 16.0 Å². The molecule has 0 fully saturated rings. The van der Waals surface area contributed by atoms with Crippen molar-refractivity contribution in [1.82, 2.24) is 0 Å². The molecule has 0 saturated carbocycles. The van der Waals surface area contributed by atoms with Gasteiger partial charge in [0.05, 0.1) is 17.2 Å². The van der Waals surface area contributed by atoms with E-state index in [1.165, 1.54) is 24.8 Å². The number of carbonyl (C=O) groups excluding carboxylic acids is 3. The quantitative estimate of drug-likeness (QED) is 0.0504. The molecule has 0 aliphatic heterocycles. The highest BCUT2D eigenvalue weighted by Gasteiger charge is 2.14. The maximum Gasteiger partial charge on any atom is 0.343 e. The zero-order valence-electron chi connectivity index (χ0n) is 30.8. The third-order valence-electron chi connectivity index (χ3n) is 8.58. The largest absolute Gasteiger partial charge is 0.459 e. The molecule has 0 spiro atoms. The third-order valence-corrected chi connectivity index (χ3v) is 8.58. The van der Waals surface area contributed by atoms with Crippen LogP contribution in [0.25, 0.3) is 17.2 Å². The first kappa shape index (κ1) is 40.2. The molecule has 4 rings (SSSR count). The highest BCUT2D eigenvalue weighted by atomic mass is 16.5. The normalized spacial score (nSPS) is 11.6. The van der Waals surface area contributed by atoms with Crippen LogP contribution in [0.5, 0.6) is 11.5 Å². The molecule has 268 valence electrons. The van der Waals surface area contributed by atoms with Crippen LogP contribution in [0.1, 0.15) is 104 Å². The lowest BCUT2D eigenvalue weighted by Gasteiger charge is -2.13. The summed E-state index contributed by atoms with van der Waals surface area (Å²) in [7, 11) is 0. The molecule has 2 atom stereocenters. The van der Waals surface area contributed by atoms with Crippen LogP contribution in [-0.4, -0.2) is 24.0 Å². The second-order valence-electron chi connectivity index (χ2n) is 12.8. The Bertz CT molecular complexity index is 1720. The van der Waals surface area contributed by atoms with E-state index in [9.17, 15) is 14.4 Å². The number of hydrogen-bond donors (Lipinski definition) is 0. The van der Waals surface area contributed by atoms with Crippen molar-refractivity contribution in [2.24, 2.45) is 5.92 Å². The van der Waals surface area contributed by atoms with E-state index in [0.29, 0.717) is 34.1 Å². The summed E-state index contributed by atoms with van der Waals surface area (Å²) in [5, 5.41) is 0. The van der Waals surface area contributed by atoms with E-state index >= 15 is 0 Å². The van der Waals surface area contributed by atoms with E-state index < -0.39 is 11.9 Å². The fourth-order valence-corrected chi connectivity index (χ4v) is 5.23. The highest BCUT2D eigenvalue weighted by molar-refractivity contribution is 5.92. The first-order chi connectivity index (χ1) is 24.6. The summed E-state index contributed by atoms with van der Waals surface area (Å²) in [5.74, 6) is 0.283. The lowest BCUT2D eigenvalue weighted by atomic mass is 9.99. The molecule has 4 aromatic rings. The van der Waals surface area contributed by atoms with Crippen molar-refractivity contribution >= 4 is 24.0 Å². The number of esters is 3. The number of unbranched alkanes of at least 4 members (excludes halogenated alkanes) is 3. The maximum absolute atomic E-state index is 12.3. The predicted octanol–water partition coefficient (Wildman–Crippen LogP) is 11.4. The van der Waals surface area contributed by atoms with Gasteiger partial charge in [-0.15, -0.1) is 0 Å². The van der Waals surface area contributed by atoms with Crippen molar-refractivity contribution in [3.63, 3.8) is 0 Å². The van der Waals surface area contributed by atoms with Gasteiger partial charge in [0.15, 0.2) is 0 Å². The fourth-order valence-electron chi connectivity index (χ4n) is 5.23. The van der Waals surface area contributed by atoms with Crippen LogP contribution in [0.15, 0.2) is 110 Å². The highest BCUT2D eigenvalue weighted by Crippen LogP contribution is 2.23. The average Bonchev–Trinajstić information content (AvgIpc) is 3.15. The fraction of sp³-hybridized carbons (Fsp3) is 0.311. The Balaban J connectivity index is 0.000000276. The summed E-state index contributed by atoms with van der Waals surface area (Å²) in [5.41, 5.74) is 6.19. The molecule has 0 N–H and O–H groups in total. The van der Waals surface area contributed by atoms with Gasteiger partial charge in [-0.3, -0.25) is 0 Å². The Hall–Kier alpha value is -5.23. The topological polar surface area (TPSA) is 78.9 Å². The Morgan fingerprint density at radius 3 is 1.92 bits per heavy atom. The smallest absolute Gasteiger partial charge is 0.343 e. The van der Waals surface area contributed by atoms with Crippen LogP contribution in [0.2, 0.25) is 0 Å². The van der Waals surface area contributed by atoms with Gasteiger partial charge in [-0.05, 0) is 109 Å². The molecule has 6 heteroatoms. The minimum atomic E-state index is -0.541. The molecule has 0 aromatic heterocycles. The van der Waals surface area contributed by atoms with Crippen LogP contribution >= 0.6 is 0 Å². The number of ether oxygens (including phenoxy) is 3. The van der Waals surface area contributed by atoms with Gasteiger partial charge in [0.2, 0.25) is 0 Å². The van der Waals surface area contributed by atoms with Gasteiger partial charge in [-0.1, -0.05) is 114 Å². The van der Waals surface area contributed by atoms with Crippen LogP contribution < -0.4 is 9.47 Å². The standard InChI is InChI=1S/C23H28O2.C22H24O4/c1-4-6-7-8-9-18(3)25-23(24)22-16-14-21(15-17-22)20-12-10-19(5-2)11-13-20;1-5-15(3)13-17-7-10-19(11-8-17)25-22(24)18-9-12-20(16(4)14-18)26-21(23)6-2/h5,10-18H,2,4,6-9H2,1,3H3;6-12,14-15H,2,5,13H2,1,3-4H3. The number of carbonyl (C=O) groups is 3. The third kappa shape index (κ3) is 13.5. The molecule has 0 amide bonds. The van der Waals surface area contributed by atoms with Gasteiger partial charge >= 0.3 is 17.9 Å². The van der Waals surface area contributed by atoms with Crippen molar-refractivity contribution in [3.8, 4) is 22.6 Å². The summed E-state index contributed by atoms with van der Waals surface area (Å²) < 4.78 is 16.1. The molecule has 0 aliphatic rings. The molecule has 0 aliphatic carbocycles. The summed E-state index contributed by atoms with van der Waals surface area (Å²) in [6.45, 7) is 17.4. The van der Waals surface area contributed by atoms with E-state index in [4.69, 9.17) is 14.2 Å². The first-order valence-corrected chi connectivity index (χ1v) is 17.9. The molecule has 4 aromatic carbocycles. The lowest BCUT2D eigenvalue weighted by molar-refractivity contribution is -0.129. The predicted molar refractivity (Wildman–Crippen MR) is 207 cm³/mol. The molecule has 0 radical (unpaired) electrons. The zero-order chi connectivity index (χ0) is 37.2. The van der Waals surface area contributed by atoms with Gasteiger partial charge < -0.3 is 14.2 Å². The Morgan fingerprint density at radius 2 is 1.35 bits per heavy atom. The second kappa shape index (κ2) is 21.1. The number of benzene rings is 4. The summed E-state index contributed by atoms with van der Waals surface area (Å²) in [6.07, 6.45) is 10.7. The van der Waals surface area contributed by atoms with Gasteiger partial charge in [-0.2, -0.15) is 0 Å². The number of rotatable bonds is 16. The number of aryl methyl sites for hydroxylation is 1. The van der Waals surface area contributed by atoms with Crippen molar-refractivity contribution in [3.05, 3.63) is 138 Å². The Kier molecular flexibility index (Phi) is 16.6. The van der Waals surface area contributed by atoms with E-state index in [-0.39, 0.29) is 12.1 Å². The number of hydrogen-bond acceptors (Lipinski definition) is 6. The Morgan fingerprint density at radius 1 is 0.725 bits per heavy atom. The average molecular weight is 689 g/mol. The van der Waals surface area contributed by atoms with E-state index in [1.54, 1.807) is 25.1 Å². The van der Waals surface area contributed by atoms with E-state index in [1.807, 2.05) is 73.7 Å². The van der Waals surface area contributed by atoms with E-state index in [0.717, 1.165) is 48.4 Å². The van der Waals surface area contributed by atoms with Gasteiger partial charge in [0.1, 0.15) is 11.5 Å². The Labute approximate surface area is 304 Å². The second-order valence-corrected chi connectivity index (χ2v) is 12.8. The maximum atomic E-state index is 12.3. The summed E-state index contributed by atoms with van der Waals surface area (Å²) in [6, 6.07) is 28.1.